The van der Waals surface area contributed by atoms with Gasteiger partial charge in [0.15, 0.2) is 0 Å². The predicted octanol–water partition coefficient (Wildman–Crippen LogP) is 3.88. The minimum atomic E-state index is 0.0283. The third-order valence-corrected chi connectivity index (χ3v) is 6.15. The molecular formula is C22H24N2O2S. The highest BCUT2D eigenvalue weighted by atomic mass is 32.2. The lowest BCUT2D eigenvalue weighted by Gasteiger charge is -2.37. The molecule has 1 saturated carbocycles. The van der Waals surface area contributed by atoms with E-state index in [1.54, 1.807) is 18.7 Å². The number of amides is 1. The van der Waals surface area contributed by atoms with Gasteiger partial charge in [0, 0.05) is 47.7 Å². The van der Waals surface area contributed by atoms with Crippen LogP contribution in [-0.2, 0) is 4.79 Å². The summed E-state index contributed by atoms with van der Waals surface area (Å²) in [5.41, 5.74) is 3.91. The monoisotopic (exact) mass is 380 g/mol. The van der Waals surface area contributed by atoms with E-state index in [0.717, 1.165) is 48.3 Å². The van der Waals surface area contributed by atoms with E-state index < -0.39 is 0 Å². The number of thioether (sulfide) groups is 1. The number of aromatic amines is 1. The van der Waals surface area contributed by atoms with Crippen LogP contribution in [0.15, 0.2) is 52.2 Å². The number of aromatic nitrogens is 1. The first kappa shape index (κ1) is 18.1. The van der Waals surface area contributed by atoms with Crippen LogP contribution in [-0.4, -0.2) is 35.1 Å². The summed E-state index contributed by atoms with van der Waals surface area (Å²) in [5, 5.41) is 0. The molecule has 0 radical (unpaired) electrons. The normalized spacial score (nSPS) is 17.7. The average Bonchev–Trinajstić information content (AvgIpc) is 3.45. The zero-order valence-electron chi connectivity index (χ0n) is 15.7. The summed E-state index contributed by atoms with van der Waals surface area (Å²) in [5.74, 6) is 0.871. The van der Waals surface area contributed by atoms with Gasteiger partial charge >= 0.3 is 0 Å². The van der Waals surface area contributed by atoms with Crippen molar-refractivity contribution < 1.29 is 4.79 Å². The van der Waals surface area contributed by atoms with E-state index in [1.165, 1.54) is 4.90 Å². The second-order valence-corrected chi connectivity index (χ2v) is 8.30. The van der Waals surface area contributed by atoms with Gasteiger partial charge in [0.05, 0.1) is 0 Å². The second kappa shape index (κ2) is 7.39. The maximum atomic E-state index is 12.5. The Balaban J connectivity index is 1.68. The number of hydrogen-bond donors (Lipinski definition) is 1. The number of pyridine rings is 1. The lowest BCUT2D eigenvalue weighted by atomic mass is 9.92. The van der Waals surface area contributed by atoms with Crippen molar-refractivity contribution in [2.45, 2.75) is 30.6 Å². The molecule has 0 unspecified atom stereocenters. The average molecular weight is 381 g/mol. The maximum Gasteiger partial charge on any atom is 0.251 e. The summed E-state index contributed by atoms with van der Waals surface area (Å²) in [6.07, 6.45) is 6.49. The topological polar surface area (TPSA) is 53.2 Å². The highest BCUT2D eigenvalue weighted by Crippen LogP contribution is 2.38. The van der Waals surface area contributed by atoms with Crippen molar-refractivity contribution >= 4 is 23.2 Å². The molecule has 1 N–H and O–H groups in total. The summed E-state index contributed by atoms with van der Waals surface area (Å²) in [7, 11) is 0. The molecule has 27 heavy (non-hydrogen) atoms. The van der Waals surface area contributed by atoms with Crippen LogP contribution >= 0.6 is 11.8 Å². The Bertz CT molecular complexity index is 936. The van der Waals surface area contributed by atoms with Crippen LogP contribution in [0.3, 0.4) is 0 Å². The highest BCUT2D eigenvalue weighted by Gasteiger charge is 2.28. The van der Waals surface area contributed by atoms with Crippen molar-refractivity contribution in [1.29, 1.82) is 0 Å². The molecule has 4 nitrogen and oxygen atoms in total. The van der Waals surface area contributed by atoms with Gasteiger partial charge in [-0.2, -0.15) is 0 Å². The van der Waals surface area contributed by atoms with Crippen molar-refractivity contribution in [3.05, 3.63) is 69.6 Å². The van der Waals surface area contributed by atoms with Crippen molar-refractivity contribution in [3.63, 3.8) is 0 Å². The van der Waals surface area contributed by atoms with Crippen LogP contribution in [0.25, 0.3) is 5.57 Å². The van der Waals surface area contributed by atoms with E-state index in [1.807, 2.05) is 17.0 Å². The molecule has 0 bridgehead atoms. The van der Waals surface area contributed by atoms with Crippen molar-refractivity contribution in [1.82, 2.24) is 9.88 Å². The van der Waals surface area contributed by atoms with E-state index in [2.05, 4.69) is 41.6 Å². The summed E-state index contributed by atoms with van der Waals surface area (Å²) in [4.78, 5) is 30.2. The number of nitrogens with one attached hydrogen (secondary N) is 1. The summed E-state index contributed by atoms with van der Waals surface area (Å²) < 4.78 is 0. The summed E-state index contributed by atoms with van der Waals surface area (Å²) >= 11 is 1.71. The Morgan fingerprint density at radius 1 is 1.15 bits per heavy atom. The molecule has 1 amide bonds. The summed E-state index contributed by atoms with van der Waals surface area (Å²) in [6, 6.07) is 12.4. The van der Waals surface area contributed by atoms with Crippen LogP contribution in [0.2, 0.25) is 0 Å². The van der Waals surface area contributed by atoms with Crippen molar-refractivity contribution in [2.24, 2.45) is 5.92 Å². The van der Waals surface area contributed by atoms with Gasteiger partial charge < -0.3 is 9.88 Å². The zero-order valence-corrected chi connectivity index (χ0v) is 16.5. The molecule has 140 valence electrons. The Labute approximate surface area is 163 Å². The highest BCUT2D eigenvalue weighted by molar-refractivity contribution is 7.98. The third-order valence-electron chi connectivity index (χ3n) is 5.41. The Morgan fingerprint density at radius 2 is 1.85 bits per heavy atom. The fourth-order valence-corrected chi connectivity index (χ4v) is 3.99. The molecule has 1 aliphatic heterocycles. The number of rotatable bonds is 5. The van der Waals surface area contributed by atoms with Gasteiger partial charge in [0.25, 0.3) is 5.56 Å². The van der Waals surface area contributed by atoms with Crippen molar-refractivity contribution in [3.8, 4) is 0 Å². The van der Waals surface area contributed by atoms with Gasteiger partial charge in [0.1, 0.15) is 0 Å². The van der Waals surface area contributed by atoms with E-state index >= 15 is 0 Å². The van der Waals surface area contributed by atoms with Crippen LogP contribution in [0.5, 0.6) is 0 Å². The second-order valence-electron chi connectivity index (χ2n) is 7.42. The zero-order chi connectivity index (χ0) is 19.0. The van der Waals surface area contributed by atoms with Crippen LogP contribution in [0.4, 0.5) is 0 Å². The van der Waals surface area contributed by atoms with Gasteiger partial charge in [-0.15, -0.1) is 11.8 Å². The Morgan fingerprint density at radius 3 is 2.41 bits per heavy atom. The summed E-state index contributed by atoms with van der Waals surface area (Å²) in [6.45, 7) is 3.09. The van der Waals surface area contributed by atoms with Gasteiger partial charge in [-0.1, -0.05) is 24.3 Å². The minimum absolute atomic E-state index is 0.0283. The van der Waals surface area contributed by atoms with Gasteiger partial charge in [-0.25, -0.2) is 0 Å². The van der Waals surface area contributed by atoms with Crippen LogP contribution < -0.4 is 5.56 Å². The third kappa shape index (κ3) is 3.88. The van der Waals surface area contributed by atoms with Gasteiger partial charge in [-0.3, -0.25) is 9.59 Å². The van der Waals surface area contributed by atoms with Crippen LogP contribution in [0.1, 0.15) is 42.5 Å². The molecule has 1 aromatic carbocycles. The number of hydrogen-bond acceptors (Lipinski definition) is 3. The minimum Gasteiger partial charge on any atom is -0.342 e. The van der Waals surface area contributed by atoms with Crippen molar-refractivity contribution in [2.75, 3.05) is 19.3 Å². The number of likely N-dealkylation sites (tertiary alicyclic amines) is 1. The Hall–Kier alpha value is -2.27. The Kier molecular flexibility index (Phi) is 4.96. The molecule has 2 aromatic rings. The largest absolute Gasteiger partial charge is 0.342 e. The molecule has 4 rings (SSSR count). The van der Waals surface area contributed by atoms with E-state index in [9.17, 15) is 9.59 Å². The SMILES string of the molecule is CSc1ccc(C(=CC2CN(C(C)=O)C2)c2ccc(C3CC3)c(=O)[nH]2)cc1. The van der Waals surface area contributed by atoms with E-state index in [4.69, 9.17) is 0 Å². The standard InChI is InChI=1S/C22H24N2O2S/c1-14(25)24-12-15(13-24)11-20(17-5-7-18(27-2)8-6-17)21-10-9-19(16-3-4-16)22(26)23-21/h5-11,15-16H,3-4,12-13H2,1-2H3,(H,23,26). The quantitative estimate of drug-likeness (QED) is 0.801. The van der Waals surface area contributed by atoms with Gasteiger partial charge in [-0.05, 0) is 48.8 Å². The number of H-pyrrole nitrogens is 1. The van der Waals surface area contributed by atoms with Crippen LogP contribution in [0, 0.1) is 5.92 Å². The molecule has 0 atom stereocenters. The first-order valence-corrected chi connectivity index (χ1v) is 10.6. The predicted molar refractivity (Wildman–Crippen MR) is 110 cm³/mol. The molecule has 1 aliphatic carbocycles. The van der Waals surface area contributed by atoms with Gasteiger partial charge in [0.2, 0.25) is 5.91 Å². The smallest absolute Gasteiger partial charge is 0.251 e. The maximum absolute atomic E-state index is 12.5. The lowest BCUT2D eigenvalue weighted by Crippen LogP contribution is -2.48. The number of carbonyl (C=O) groups excluding carboxylic acids is 1. The molecule has 2 fully saturated rings. The fraction of sp³-hybridized carbons (Fsp3) is 0.364. The molecular weight excluding hydrogens is 356 g/mol. The molecule has 5 heteroatoms. The molecule has 0 spiro atoms. The van der Waals surface area contributed by atoms with E-state index in [0.29, 0.717) is 11.8 Å². The lowest BCUT2D eigenvalue weighted by molar-refractivity contribution is -0.133. The molecule has 2 heterocycles. The molecule has 1 aromatic heterocycles. The number of nitrogens with zero attached hydrogens (tertiary/aromatic N) is 1. The molecule has 2 aliphatic rings. The first-order valence-electron chi connectivity index (χ1n) is 9.40. The molecule has 1 saturated heterocycles. The van der Waals surface area contributed by atoms with E-state index in [-0.39, 0.29) is 11.5 Å². The fourth-order valence-electron chi connectivity index (χ4n) is 3.58. The first-order chi connectivity index (χ1) is 13.0. The number of benzene rings is 1. The number of carbonyl (C=O) groups is 1.